The molecular formula is C15H18N4O5S. The minimum absolute atomic E-state index is 0.0666. The second-order valence-electron chi connectivity index (χ2n) is 5.22. The lowest BCUT2D eigenvalue weighted by Gasteiger charge is -2.07. The third-order valence-corrected chi connectivity index (χ3v) is 4.64. The first-order valence-corrected chi connectivity index (χ1v) is 8.39. The normalized spacial score (nSPS) is 10.5. The van der Waals surface area contributed by atoms with Gasteiger partial charge in [0, 0.05) is 17.8 Å². The highest BCUT2D eigenvalue weighted by atomic mass is 32.1. The lowest BCUT2D eigenvalue weighted by molar-refractivity contribution is -0.385. The molecule has 25 heavy (non-hydrogen) atoms. The van der Waals surface area contributed by atoms with Gasteiger partial charge in [-0.3, -0.25) is 19.6 Å². The third kappa shape index (κ3) is 4.41. The molecular weight excluding hydrogens is 348 g/mol. The number of aryl methyl sites for hydroxylation is 2. The number of anilines is 1. The number of nitrogens with zero attached hydrogens (tertiary/aromatic N) is 3. The Morgan fingerprint density at radius 1 is 1.44 bits per heavy atom. The number of hydrogen-bond donors (Lipinski definition) is 1. The van der Waals surface area contributed by atoms with Crippen molar-refractivity contribution in [2.45, 2.75) is 33.7 Å². The SMILES string of the molecule is CCOC(=O)c1c(NC(=O)CCn2cc([N+](=O)[O-])cn2)sc(C)c1C. The van der Waals surface area contributed by atoms with E-state index in [1.54, 1.807) is 13.8 Å². The van der Waals surface area contributed by atoms with E-state index in [0.29, 0.717) is 10.6 Å². The maximum atomic E-state index is 12.1. The Labute approximate surface area is 147 Å². The summed E-state index contributed by atoms with van der Waals surface area (Å²) in [6.45, 7) is 5.82. The van der Waals surface area contributed by atoms with Crippen LogP contribution in [0.25, 0.3) is 0 Å². The molecule has 0 aliphatic rings. The van der Waals surface area contributed by atoms with Crippen LogP contribution in [0, 0.1) is 24.0 Å². The quantitative estimate of drug-likeness (QED) is 0.457. The molecule has 0 aromatic carbocycles. The number of ether oxygens (including phenoxy) is 1. The van der Waals surface area contributed by atoms with E-state index in [1.165, 1.54) is 22.2 Å². The van der Waals surface area contributed by atoms with E-state index in [9.17, 15) is 19.7 Å². The van der Waals surface area contributed by atoms with Crippen molar-refractivity contribution >= 4 is 33.9 Å². The highest BCUT2D eigenvalue weighted by Crippen LogP contribution is 2.33. The van der Waals surface area contributed by atoms with Crippen LogP contribution in [0.1, 0.15) is 34.1 Å². The van der Waals surface area contributed by atoms with Crippen molar-refractivity contribution in [2.75, 3.05) is 11.9 Å². The van der Waals surface area contributed by atoms with Gasteiger partial charge in [0.05, 0.1) is 17.1 Å². The molecule has 9 nitrogen and oxygen atoms in total. The number of amides is 1. The van der Waals surface area contributed by atoms with E-state index in [1.807, 2.05) is 6.92 Å². The molecule has 2 rings (SSSR count). The van der Waals surface area contributed by atoms with Gasteiger partial charge in [-0.2, -0.15) is 5.10 Å². The molecule has 2 heterocycles. The van der Waals surface area contributed by atoms with Crippen LogP contribution in [0.5, 0.6) is 0 Å². The molecule has 0 saturated carbocycles. The summed E-state index contributed by atoms with van der Waals surface area (Å²) in [7, 11) is 0. The number of carbonyl (C=O) groups excluding carboxylic acids is 2. The van der Waals surface area contributed by atoms with E-state index < -0.39 is 10.9 Å². The van der Waals surface area contributed by atoms with Crippen LogP contribution in [-0.4, -0.2) is 33.2 Å². The van der Waals surface area contributed by atoms with Crippen LogP contribution in [0.4, 0.5) is 10.7 Å². The summed E-state index contributed by atoms with van der Waals surface area (Å²) >= 11 is 1.31. The summed E-state index contributed by atoms with van der Waals surface area (Å²) in [6, 6.07) is 0. The Morgan fingerprint density at radius 2 is 2.16 bits per heavy atom. The van der Waals surface area contributed by atoms with Crippen molar-refractivity contribution in [1.82, 2.24) is 9.78 Å². The topological polar surface area (TPSA) is 116 Å². The molecule has 0 atom stereocenters. The van der Waals surface area contributed by atoms with Gasteiger partial charge in [-0.1, -0.05) is 0 Å². The summed E-state index contributed by atoms with van der Waals surface area (Å²) in [5.74, 6) is -0.785. The molecule has 0 aliphatic heterocycles. The average molecular weight is 366 g/mol. The number of aromatic nitrogens is 2. The fraction of sp³-hybridized carbons (Fsp3) is 0.400. The zero-order valence-electron chi connectivity index (χ0n) is 14.1. The van der Waals surface area contributed by atoms with Gasteiger partial charge in [0.1, 0.15) is 17.4 Å². The Kier molecular flexibility index (Phi) is 5.86. The number of esters is 1. The molecule has 0 spiro atoms. The van der Waals surface area contributed by atoms with Gasteiger partial charge in [-0.05, 0) is 26.3 Å². The summed E-state index contributed by atoms with van der Waals surface area (Å²) in [5, 5.41) is 17.6. The molecule has 0 bridgehead atoms. The zero-order valence-corrected chi connectivity index (χ0v) is 14.9. The second-order valence-corrected chi connectivity index (χ2v) is 6.45. The van der Waals surface area contributed by atoms with Crippen molar-refractivity contribution < 1.29 is 19.2 Å². The van der Waals surface area contributed by atoms with Crippen LogP contribution < -0.4 is 5.32 Å². The molecule has 134 valence electrons. The van der Waals surface area contributed by atoms with E-state index in [0.717, 1.165) is 16.6 Å². The second kappa shape index (κ2) is 7.88. The van der Waals surface area contributed by atoms with E-state index in [2.05, 4.69) is 10.4 Å². The number of carbonyl (C=O) groups is 2. The monoisotopic (exact) mass is 366 g/mol. The van der Waals surface area contributed by atoms with Gasteiger partial charge < -0.3 is 10.1 Å². The Hall–Kier alpha value is -2.75. The standard InChI is InChI=1S/C15H18N4O5S/c1-4-24-15(21)13-9(2)10(3)25-14(13)17-12(20)5-6-18-8-11(7-16-18)19(22)23/h7-8H,4-6H2,1-3H3,(H,17,20). The molecule has 1 N–H and O–H groups in total. The minimum atomic E-state index is -0.549. The molecule has 2 aromatic heterocycles. The van der Waals surface area contributed by atoms with Crippen molar-refractivity contribution in [3.05, 3.63) is 38.5 Å². The van der Waals surface area contributed by atoms with Crippen LogP contribution >= 0.6 is 11.3 Å². The zero-order chi connectivity index (χ0) is 18.6. The maximum Gasteiger partial charge on any atom is 0.341 e. The van der Waals surface area contributed by atoms with Crippen molar-refractivity contribution in [3.8, 4) is 0 Å². The molecule has 0 aliphatic carbocycles. The highest BCUT2D eigenvalue weighted by molar-refractivity contribution is 7.16. The molecule has 1 amide bonds. The van der Waals surface area contributed by atoms with E-state index >= 15 is 0 Å². The van der Waals surface area contributed by atoms with Crippen LogP contribution in [0.15, 0.2) is 12.4 Å². The van der Waals surface area contributed by atoms with Gasteiger partial charge in [-0.25, -0.2) is 4.79 Å². The average Bonchev–Trinajstić information content (AvgIpc) is 3.11. The number of rotatable bonds is 7. The molecule has 0 fully saturated rings. The van der Waals surface area contributed by atoms with Crippen molar-refractivity contribution in [1.29, 1.82) is 0 Å². The summed E-state index contributed by atoms with van der Waals surface area (Å²) in [6.07, 6.45) is 2.45. The summed E-state index contributed by atoms with van der Waals surface area (Å²) in [4.78, 5) is 35.2. The van der Waals surface area contributed by atoms with Crippen molar-refractivity contribution in [3.63, 3.8) is 0 Å². The Bertz CT molecular complexity index is 811. The number of thiophene rings is 1. The molecule has 0 radical (unpaired) electrons. The predicted molar refractivity (Wildman–Crippen MR) is 91.9 cm³/mol. The number of nitro groups is 1. The number of nitrogens with one attached hydrogen (secondary N) is 1. The van der Waals surface area contributed by atoms with E-state index in [4.69, 9.17) is 4.74 Å². The lowest BCUT2D eigenvalue weighted by atomic mass is 10.1. The van der Waals surface area contributed by atoms with Gasteiger partial charge in [0.25, 0.3) is 0 Å². The lowest BCUT2D eigenvalue weighted by Crippen LogP contribution is -2.16. The third-order valence-electron chi connectivity index (χ3n) is 3.52. The fourth-order valence-electron chi connectivity index (χ4n) is 2.14. The summed E-state index contributed by atoms with van der Waals surface area (Å²) < 4.78 is 6.37. The van der Waals surface area contributed by atoms with Crippen LogP contribution in [-0.2, 0) is 16.1 Å². The summed E-state index contributed by atoms with van der Waals surface area (Å²) in [5.41, 5.74) is 1.02. The fourth-order valence-corrected chi connectivity index (χ4v) is 3.20. The van der Waals surface area contributed by atoms with Gasteiger partial charge in [-0.15, -0.1) is 11.3 Å². The van der Waals surface area contributed by atoms with Gasteiger partial charge >= 0.3 is 11.7 Å². The number of hydrogen-bond acceptors (Lipinski definition) is 7. The largest absolute Gasteiger partial charge is 0.462 e. The first-order valence-electron chi connectivity index (χ1n) is 7.57. The minimum Gasteiger partial charge on any atom is -0.462 e. The van der Waals surface area contributed by atoms with Crippen molar-refractivity contribution in [2.24, 2.45) is 0 Å². The predicted octanol–water partition coefficient (Wildman–Crippen LogP) is 2.68. The Morgan fingerprint density at radius 3 is 2.76 bits per heavy atom. The molecule has 10 heteroatoms. The van der Waals surface area contributed by atoms with Crippen LogP contribution in [0.2, 0.25) is 0 Å². The van der Waals surface area contributed by atoms with Gasteiger partial charge in [0.15, 0.2) is 0 Å². The first-order chi connectivity index (χ1) is 11.8. The van der Waals surface area contributed by atoms with Crippen LogP contribution in [0.3, 0.4) is 0 Å². The molecule has 0 saturated heterocycles. The maximum absolute atomic E-state index is 12.1. The highest BCUT2D eigenvalue weighted by Gasteiger charge is 2.22. The first kappa shape index (κ1) is 18.6. The Balaban J connectivity index is 2.03. The molecule has 0 unspecified atom stereocenters. The molecule has 2 aromatic rings. The van der Waals surface area contributed by atoms with E-state index in [-0.39, 0.29) is 31.2 Å². The smallest absolute Gasteiger partial charge is 0.341 e. The van der Waals surface area contributed by atoms with Gasteiger partial charge in [0.2, 0.25) is 5.91 Å².